The number of hydrogen-bond acceptors (Lipinski definition) is 5. The topological polar surface area (TPSA) is 88.9 Å². The third kappa shape index (κ3) is 2.93. The van der Waals surface area contributed by atoms with Crippen LogP contribution in [0.5, 0.6) is 0 Å². The Labute approximate surface area is 134 Å². The summed E-state index contributed by atoms with van der Waals surface area (Å²) in [6, 6.07) is 0. The molecule has 0 saturated heterocycles. The molecule has 124 valence electrons. The lowest BCUT2D eigenvalue weighted by atomic mass is 10.2. The summed E-state index contributed by atoms with van der Waals surface area (Å²) < 4.78 is 7.49. The van der Waals surface area contributed by atoms with Crippen LogP contribution < -0.4 is 0 Å². The molecule has 0 fully saturated rings. The number of nitrogens with zero attached hydrogens (tertiary/aromatic N) is 5. The summed E-state index contributed by atoms with van der Waals surface area (Å²) in [6.07, 6.45) is -0.312. The number of rotatable bonds is 2. The molecular formula is C15H22N6O2. The fourth-order valence-corrected chi connectivity index (χ4v) is 2.67. The Morgan fingerprint density at radius 1 is 1.30 bits per heavy atom. The Bertz CT molecular complexity index is 740. The van der Waals surface area contributed by atoms with Gasteiger partial charge in [-0.25, -0.2) is 14.8 Å². The number of carbonyl (C=O) groups excluding carboxylic acids is 1. The predicted molar refractivity (Wildman–Crippen MR) is 83.5 cm³/mol. The molecule has 3 heterocycles. The van der Waals surface area contributed by atoms with E-state index in [0.717, 1.165) is 29.6 Å². The number of aromatic amines is 1. The standard InChI is InChI=1S/C15H22N6O2/c1-6-21-11-8-20(14(22)23-15(3,4)5)7-10(11)17-13(21)12-16-9(2)18-19-12/h6-8H2,1-5H3,(H,16,18,19). The maximum Gasteiger partial charge on any atom is 0.410 e. The fraction of sp³-hybridized carbons (Fsp3) is 0.600. The van der Waals surface area contributed by atoms with Crippen molar-refractivity contribution < 1.29 is 9.53 Å². The molecule has 0 saturated carbocycles. The molecule has 0 bridgehead atoms. The van der Waals surface area contributed by atoms with Crippen LogP contribution in [0.3, 0.4) is 0 Å². The minimum absolute atomic E-state index is 0.312. The summed E-state index contributed by atoms with van der Waals surface area (Å²) in [5.41, 5.74) is 1.41. The quantitative estimate of drug-likeness (QED) is 0.917. The summed E-state index contributed by atoms with van der Waals surface area (Å²) in [5.74, 6) is 2.08. The van der Waals surface area contributed by atoms with E-state index in [1.807, 2.05) is 34.6 Å². The van der Waals surface area contributed by atoms with Gasteiger partial charge in [0.15, 0.2) is 5.82 Å². The van der Waals surface area contributed by atoms with E-state index in [1.165, 1.54) is 0 Å². The largest absolute Gasteiger partial charge is 0.444 e. The second kappa shape index (κ2) is 5.36. The first-order valence-electron chi connectivity index (χ1n) is 7.74. The zero-order chi connectivity index (χ0) is 16.8. The van der Waals surface area contributed by atoms with Gasteiger partial charge in [-0.3, -0.25) is 10.00 Å². The number of fused-ring (bicyclic) bond motifs is 1. The average molecular weight is 318 g/mol. The van der Waals surface area contributed by atoms with Crippen LogP contribution >= 0.6 is 0 Å². The number of hydrogen-bond donors (Lipinski definition) is 1. The SMILES string of the molecule is CCn1c(-c2n[nH]c(C)n2)nc2c1CN(C(=O)OC(C)(C)C)C2. The van der Waals surface area contributed by atoms with Gasteiger partial charge in [0.1, 0.15) is 11.4 Å². The van der Waals surface area contributed by atoms with Gasteiger partial charge in [0, 0.05) is 6.54 Å². The molecule has 1 aliphatic rings. The molecular weight excluding hydrogens is 296 g/mol. The van der Waals surface area contributed by atoms with Gasteiger partial charge in [-0.1, -0.05) is 0 Å². The normalized spacial score (nSPS) is 14.2. The van der Waals surface area contributed by atoms with Gasteiger partial charge in [0.05, 0.1) is 24.5 Å². The zero-order valence-electron chi connectivity index (χ0n) is 14.2. The highest BCUT2D eigenvalue weighted by Gasteiger charge is 2.33. The van der Waals surface area contributed by atoms with E-state index in [1.54, 1.807) is 4.90 Å². The van der Waals surface area contributed by atoms with E-state index in [0.29, 0.717) is 18.9 Å². The molecule has 2 aromatic rings. The smallest absolute Gasteiger partial charge is 0.410 e. The number of aromatic nitrogens is 5. The van der Waals surface area contributed by atoms with E-state index in [4.69, 9.17) is 4.74 Å². The number of H-pyrrole nitrogens is 1. The molecule has 2 aromatic heterocycles. The third-order valence-electron chi connectivity index (χ3n) is 3.60. The van der Waals surface area contributed by atoms with Crippen molar-refractivity contribution in [1.29, 1.82) is 0 Å². The molecule has 8 heteroatoms. The molecule has 23 heavy (non-hydrogen) atoms. The van der Waals surface area contributed by atoms with Crippen molar-refractivity contribution in [3.63, 3.8) is 0 Å². The molecule has 0 aliphatic carbocycles. The van der Waals surface area contributed by atoms with E-state index < -0.39 is 5.60 Å². The predicted octanol–water partition coefficient (Wildman–Crippen LogP) is 2.25. The highest BCUT2D eigenvalue weighted by molar-refractivity contribution is 5.69. The summed E-state index contributed by atoms with van der Waals surface area (Å²) in [7, 11) is 0. The Hall–Kier alpha value is -2.38. The Morgan fingerprint density at radius 2 is 2.04 bits per heavy atom. The van der Waals surface area contributed by atoms with E-state index in [-0.39, 0.29) is 6.09 Å². The second-order valence-electron chi connectivity index (χ2n) is 6.65. The fourth-order valence-electron chi connectivity index (χ4n) is 2.67. The number of amides is 1. The van der Waals surface area contributed by atoms with Gasteiger partial charge in [0.25, 0.3) is 0 Å². The zero-order valence-corrected chi connectivity index (χ0v) is 14.2. The van der Waals surface area contributed by atoms with Crippen molar-refractivity contribution in [3.05, 3.63) is 17.2 Å². The molecule has 8 nitrogen and oxygen atoms in total. The monoisotopic (exact) mass is 318 g/mol. The molecule has 1 amide bonds. The van der Waals surface area contributed by atoms with Crippen molar-refractivity contribution in [2.24, 2.45) is 0 Å². The molecule has 0 unspecified atom stereocenters. The highest BCUT2D eigenvalue weighted by atomic mass is 16.6. The first kappa shape index (κ1) is 15.5. The number of aryl methyl sites for hydroxylation is 1. The van der Waals surface area contributed by atoms with Crippen LogP contribution in [0.4, 0.5) is 4.79 Å². The van der Waals surface area contributed by atoms with Gasteiger partial charge in [-0.15, -0.1) is 0 Å². The van der Waals surface area contributed by atoms with Gasteiger partial charge in [-0.05, 0) is 34.6 Å². The van der Waals surface area contributed by atoms with Gasteiger partial charge >= 0.3 is 6.09 Å². The molecule has 1 N–H and O–H groups in total. The van der Waals surface area contributed by atoms with Crippen molar-refractivity contribution in [2.75, 3.05) is 0 Å². The Morgan fingerprint density at radius 3 is 2.61 bits per heavy atom. The van der Waals surface area contributed by atoms with Crippen LogP contribution in [0.1, 0.15) is 44.9 Å². The van der Waals surface area contributed by atoms with E-state index in [9.17, 15) is 4.79 Å². The van der Waals surface area contributed by atoms with Crippen molar-refractivity contribution in [3.8, 4) is 11.6 Å². The number of carbonyl (C=O) groups is 1. The molecule has 0 atom stereocenters. The lowest BCUT2D eigenvalue weighted by molar-refractivity contribution is 0.0237. The maximum absolute atomic E-state index is 12.2. The average Bonchev–Trinajstić information content (AvgIpc) is 3.08. The van der Waals surface area contributed by atoms with Crippen molar-refractivity contribution in [1.82, 2.24) is 29.6 Å². The van der Waals surface area contributed by atoms with Crippen LogP contribution in [0.15, 0.2) is 0 Å². The molecule has 0 aromatic carbocycles. The van der Waals surface area contributed by atoms with Crippen LogP contribution in [0, 0.1) is 6.92 Å². The summed E-state index contributed by atoms with van der Waals surface area (Å²) in [4.78, 5) is 22.9. The third-order valence-corrected chi connectivity index (χ3v) is 3.60. The first-order chi connectivity index (χ1) is 10.8. The highest BCUT2D eigenvalue weighted by Crippen LogP contribution is 2.28. The molecule has 0 radical (unpaired) electrons. The Kier molecular flexibility index (Phi) is 3.62. The number of ether oxygens (including phenoxy) is 1. The number of nitrogens with one attached hydrogen (secondary N) is 1. The van der Waals surface area contributed by atoms with E-state index >= 15 is 0 Å². The van der Waals surface area contributed by atoms with E-state index in [2.05, 4.69) is 24.7 Å². The summed E-state index contributed by atoms with van der Waals surface area (Å²) >= 11 is 0. The minimum atomic E-state index is -0.501. The number of imidazole rings is 1. The lowest BCUT2D eigenvalue weighted by Crippen LogP contribution is -2.33. The summed E-state index contributed by atoms with van der Waals surface area (Å²) in [6.45, 7) is 11.2. The van der Waals surface area contributed by atoms with Gasteiger partial charge < -0.3 is 9.30 Å². The van der Waals surface area contributed by atoms with Gasteiger partial charge in [0.2, 0.25) is 5.82 Å². The lowest BCUT2D eigenvalue weighted by Gasteiger charge is -2.24. The van der Waals surface area contributed by atoms with Crippen molar-refractivity contribution in [2.45, 2.75) is 59.9 Å². The van der Waals surface area contributed by atoms with Crippen LogP contribution in [0.2, 0.25) is 0 Å². The first-order valence-corrected chi connectivity index (χ1v) is 7.74. The second-order valence-corrected chi connectivity index (χ2v) is 6.65. The van der Waals surface area contributed by atoms with Crippen LogP contribution in [-0.4, -0.2) is 41.3 Å². The summed E-state index contributed by atoms with van der Waals surface area (Å²) in [5, 5.41) is 7.02. The minimum Gasteiger partial charge on any atom is -0.444 e. The van der Waals surface area contributed by atoms with Crippen molar-refractivity contribution >= 4 is 6.09 Å². The van der Waals surface area contributed by atoms with Gasteiger partial charge in [-0.2, -0.15) is 5.10 Å². The Balaban J connectivity index is 1.85. The molecule has 1 aliphatic heterocycles. The maximum atomic E-state index is 12.2. The molecule has 3 rings (SSSR count). The van der Waals surface area contributed by atoms with Crippen LogP contribution in [0.25, 0.3) is 11.6 Å². The van der Waals surface area contributed by atoms with Crippen LogP contribution in [-0.2, 0) is 24.4 Å². The molecule has 0 spiro atoms.